The molecule has 6 heteroatoms. The van der Waals surface area contributed by atoms with E-state index in [0.717, 1.165) is 69.5 Å². The van der Waals surface area contributed by atoms with Crippen molar-refractivity contribution in [2.24, 2.45) is 0 Å². The van der Waals surface area contributed by atoms with Crippen LogP contribution >= 0.6 is 0 Å². The van der Waals surface area contributed by atoms with E-state index in [2.05, 4.69) is 33.0 Å². The molecule has 0 saturated carbocycles. The monoisotopic (exact) mass is 383 g/mol. The van der Waals surface area contributed by atoms with Gasteiger partial charge in [0.15, 0.2) is 11.5 Å². The van der Waals surface area contributed by atoms with Gasteiger partial charge in [-0.1, -0.05) is 6.07 Å². The summed E-state index contributed by atoms with van der Waals surface area (Å²) in [6.45, 7) is 5.69. The zero-order chi connectivity index (χ0) is 19.3. The van der Waals surface area contributed by atoms with Gasteiger partial charge in [0.1, 0.15) is 5.82 Å². The van der Waals surface area contributed by atoms with Crippen LogP contribution in [0.25, 0.3) is 0 Å². The van der Waals surface area contributed by atoms with Gasteiger partial charge in [0.25, 0.3) is 0 Å². The molecule has 28 heavy (non-hydrogen) atoms. The molecule has 2 aliphatic rings. The minimum absolute atomic E-state index is 0.0682. The van der Waals surface area contributed by atoms with E-state index in [1.165, 1.54) is 11.1 Å². The molecule has 1 aromatic heterocycles. The van der Waals surface area contributed by atoms with Crippen molar-refractivity contribution in [3.05, 3.63) is 47.7 Å². The van der Waals surface area contributed by atoms with Crippen molar-refractivity contribution in [1.82, 2.24) is 9.88 Å². The Kier molecular flexibility index (Phi) is 5.98. The highest BCUT2D eigenvalue weighted by Crippen LogP contribution is 2.37. The molecule has 150 valence electrons. The lowest BCUT2D eigenvalue weighted by Crippen LogP contribution is -2.48. The van der Waals surface area contributed by atoms with Crippen LogP contribution in [0.3, 0.4) is 0 Å². The Hall–Kier alpha value is -2.31. The van der Waals surface area contributed by atoms with Crippen molar-refractivity contribution in [2.45, 2.75) is 18.9 Å². The zero-order valence-electron chi connectivity index (χ0n) is 16.8. The van der Waals surface area contributed by atoms with E-state index >= 15 is 0 Å². The fourth-order valence-corrected chi connectivity index (χ4v) is 4.12. The molecular weight excluding hydrogens is 354 g/mol. The molecule has 0 amide bonds. The molecule has 3 heterocycles. The predicted molar refractivity (Wildman–Crippen MR) is 109 cm³/mol. The summed E-state index contributed by atoms with van der Waals surface area (Å²) in [6.07, 6.45) is 3.98. The maximum Gasteiger partial charge on any atom is 0.161 e. The van der Waals surface area contributed by atoms with Crippen LogP contribution in [0.15, 0.2) is 36.5 Å². The number of aryl methyl sites for hydroxylation is 1. The number of aromatic nitrogens is 1. The summed E-state index contributed by atoms with van der Waals surface area (Å²) >= 11 is 0. The van der Waals surface area contributed by atoms with Crippen LogP contribution in [0, 0.1) is 0 Å². The van der Waals surface area contributed by atoms with Crippen LogP contribution in [0.2, 0.25) is 0 Å². The highest BCUT2D eigenvalue weighted by atomic mass is 16.5. The van der Waals surface area contributed by atoms with E-state index in [-0.39, 0.29) is 6.10 Å². The van der Waals surface area contributed by atoms with Crippen molar-refractivity contribution in [3.63, 3.8) is 0 Å². The van der Waals surface area contributed by atoms with E-state index in [1.54, 1.807) is 14.2 Å². The molecule has 0 aliphatic carbocycles. The number of piperazine rings is 1. The number of hydrogen-bond acceptors (Lipinski definition) is 6. The Morgan fingerprint density at radius 1 is 1.07 bits per heavy atom. The molecule has 0 N–H and O–H groups in total. The van der Waals surface area contributed by atoms with Gasteiger partial charge in [0, 0.05) is 45.5 Å². The van der Waals surface area contributed by atoms with Crippen molar-refractivity contribution in [3.8, 4) is 11.5 Å². The highest BCUT2D eigenvalue weighted by Gasteiger charge is 2.26. The lowest BCUT2D eigenvalue weighted by molar-refractivity contribution is 0.0268. The molecule has 1 saturated heterocycles. The summed E-state index contributed by atoms with van der Waals surface area (Å²) in [7, 11) is 3.38. The van der Waals surface area contributed by atoms with Crippen LogP contribution in [-0.2, 0) is 11.2 Å². The van der Waals surface area contributed by atoms with E-state index in [4.69, 9.17) is 14.2 Å². The molecule has 0 spiro atoms. The average Bonchev–Trinajstić information content (AvgIpc) is 2.95. The lowest BCUT2D eigenvalue weighted by Gasteiger charge is -2.37. The van der Waals surface area contributed by atoms with Crippen molar-refractivity contribution in [1.29, 1.82) is 0 Å². The van der Waals surface area contributed by atoms with Gasteiger partial charge in [-0.2, -0.15) is 0 Å². The normalized spacial score (nSPS) is 20.4. The molecule has 4 rings (SSSR count). The van der Waals surface area contributed by atoms with Gasteiger partial charge in [-0.05, 0) is 48.2 Å². The maximum absolute atomic E-state index is 6.25. The molecule has 1 fully saturated rings. The minimum atomic E-state index is 0.0682. The SMILES string of the molecule is COc1cc2c(cc1OC)C(CN1CCN(c3ccccn3)CC1)OCCC2. The largest absolute Gasteiger partial charge is 0.493 e. The van der Waals surface area contributed by atoms with Crippen LogP contribution in [0.4, 0.5) is 5.82 Å². The van der Waals surface area contributed by atoms with Gasteiger partial charge in [-0.15, -0.1) is 0 Å². The van der Waals surface area contributed by atoms with Gasteiger partial charge in [-0.25, -0.2) is 4.98 Å². The topological polar surface area (TPSA) is 47.1 Å². The Morgan fingerprint density at radius 3 is 2.57 bits per heavy atom. The quantitative estimate of drug-likeness (QED) is 0.791. The number of ether oxygens (including phenoxy) is 3. The van der Waals surface area contributed by atoms with E-state index in [1.807, 2.05) is 18.3 Å². The van der Waals surface area contributed by atoms with Crippen molar-refractivity contribution >= 4 is 5.82 Å². The predicted octanol–water partition coefficient (Wildman–Crippen LogP) is 2.92. The minimum Gasteiger partial charge on any atom is -0.493 e. The molecule has 6 nitrogen and oxygen atoms in total. The smallest absolute Gasteiger partial charge is 0.161 e. The van der Waals surface area contributed by atoms with Gasteiger partial charge >= 0.3 is 0 Å². The number of methoxy groups -OCH3 is 2. The average molecular weight is 383 g/mol. The van der Waals surface area contributed by atoms with Crippen LogP contribution < -0.4 is 14.4 Å². The number of fused-ring (bicyclic) bond motifs is 1. The molecule has 1 aromatic carbocycles. The Balaban J connectivity index is 1.46. The summed E-state index contributed by atoms with van der Waals surface area (Å²) in [4.78, 5) is 9.33. The summed E-state index contributed by atoms with van der Waals surface area (Å²) < 4.78 is 17.3. The van der Waals surface area contributed by atoms with Gasteiger partial charge in [-0.3, -0.25) is 4.90 Å². The van der Waals surface area contributed by atoms with E-state index in [9.17, 15) is 0 Å². The molecule has 0 radical (unpaired) electrons. The van der Waals surface area contributed by atoms with Crippen molar-refractivity contribution < 1.29 is 14.2 Å². The summed E-state index contributed by atoms with van der Waals surface area (Å²) in [5.41, 5.74) is 2.55. The fourth-order valence-electron chi connectivity index (χ4n) is 4.12. The third kappa shape index (κ3) is 4.08. The second kappa shape index (κ2) is 8.80. The number of hydrogen-bond donors (Lipinski definition) is 0. The van der Waals surface area contributed by atoms with Crippen LogP contribution in [0.1, 0.15) is 23.7 Å². The third-order valence-electron chi connectivity index (χ3n) is 5.67. The second-order valence-electron chi connectivity index (χ2n) is 7.34. The van der Waals surface area contributed by atoms with Gasteiger partial charge < -0.3 is 19.1 Å². The maximum atomic E-state index is 6.25. The fraction of sp³-hybridized carbons (Fsp3) is 0.500. The summed E-state index contributed by atoms with van der Waals surface area (Å²) in [5, 5.41) is 0. The number of benzene rings is 1. The second-order valence-corrected chi connectivity index (χ2v) is 7.34. The standard InChI is InChI=1S/C22H29N3O3/c1-26-19-14-17-6-5-13-28-21(18(17)15-20(19)27-2)16-24-9-11-25(12-10-24)22-7-3-4-8-23-22/h3-4,7-8,14-15,21H,5-6,9-13,16H2,1-2H3. The molecule has 2 aromatic rings. The van der Waals surface area contributed by atoms with Gasteiger partial charge in [0.2, 0.25) is 0 Å². The molecular formula is C22H29N3O3. The first-order valence-corrected chi connectivity index (χ1v) is 10.0. The summed E-state index contributed by atoms with van der Waals surface area (Å²) in [5.74, 6) is 2.64. The molecule has 1 atom stereocenters. The number of anilines is 1. The van der Waals surface area contributed by atoms with E-state index < -0.39 is 0 Å². The first-order valence-electron chi connectivity index (χ1n) is 10.0. The zero-order valence-corrected chi connectivity index (χ0v) is 16.8. The molecule has 0 bridgehead atoms. The Labute approximate surface area is 167 Å². The first-order chi connectivity index (χ1) is 13.8. The number of rotatable bonds is 5. The van der Waals surface area contributed by atoms with Crippen molar-refractivity contribution in [2.75, 3.05) is 58.5 Å². The van der Waals surface area contributed by atoms with Crippen LogP contribution in [-0.4, -0.2) is 63.4 Å². The summed E-state index contributed by atoms with van der Waals surface area (Å²) in [6, 6.07) is 10.3. The lowest BCUT2D eigenvalue weighted by atomic mass is 9.98. The molecule has 2 aliphatic heterocycles. The van der Waals surface area contributed by atoms with Gasteiger partial charge in [0.05, 0.1) is 20.3 Å². The third-order valence-corrected chi connectivity index (χ3v) is 5.67. The Morgan fingerprint density at radius 2 is 1.86 bits per heavy atom. The highest BCUT2D eigenvalue weighted by molar-refractivity contribution is 5.48. The number of pyridine rings is 1. The molecule has 1 unspecified atom stereocenters. The van der Waals surface area contributed by atoms with Crippen LogP contribution in [0.5, 0.6) is 11.5 Å². The Bertz CT molecular complexity index is 776. The first kappa shape index (κ1) is 19.0. The number of nitrogens with zero attached hydrogens (tertiary/aromatic N) is 3. The van der Waals surface area contributed by atoms with E-state index in [0.29, 0.717) is 0 Å².